The van der Waals surface area contributed by atoms with Gasteiger partial charge in [-0.1, -0.05) is 18.2 Å². The van der Waals surface area contributed by atoms with Crippen molar-refractivity contribution >= 4 is 23.5 Å². The standard InChI is InChI=1S/C26H27FN4O2/c1-18-23(19(2)31(28-18)22-7-5-4-6-8-22)10-12-26(33)30-15-13-29(14-16-30)25-11-9-21(20(3)32)17-24(25)27/h4-12,17H,13-16H2,1-3H3/b12-10+. The largest absolute Gasteiger partial charge is 0.366 e. The summed E-state index contributed by atoms with van der Waals surface area (Å²) in [5, 5.41) is 4.62. The highest BCUT2D eigenvalue weighted by molar-refractivity contribution is 5.94. The third-order valence-corrected chi connectivity index (χ3v) is 6.03. The first-order chi connectivity index (χ1) is 15.8. The van der Waals surface area contributed by atoms with E-state index in [9.17, 15) is 14.0 Å². The molecule has 0 radical (unpaired) electrons. The zero-order valence-corrected chi connectivity index (χ0v) is 19.1. The zero-order valence-electron chi connectivity index (χ0n) is 19.1. The van der Waals surface area contributed by atoms with Crippen molar-refractivity contribution in [2.45, 2.75) is 20.8 Å². The van der Waals surface area contributed by atoms with E-state index in [-0.39, 0.29) is 11.7 Å². The number of aromatic nitrogens is 2. The van der Waals surface area contributed by atoms with Crippen molar-refractivity contribution in [3.8, 4) is 5.69 Å². The Kier molecular flexibility index (Phi) is 6.40. The second-order valence-corrected chi connectivity index (χ2v) is 8.20. The van der Waals surface area contributed by atoms with Crippen LogP contribution >= 0.6 is 0 Å². The lowest BCUT2D eigenvalue weighted by Gasteiger charge is -2.35. The van der Waals surface area contributed by atoms with Crippen LogP contribution in [0.4, 0.5) is 10.1 Å². The molecule has 0 N–H and O–H groups in total. The molecule has 0 atom stereocenters. The van der Waals surface area contributed by atoms with Gasteiger partial charge in [0.05, 0.1) is 17.1 Å². The number of hydrogen-bond acceptors (Lipinski definition) is 4. The van der Waals surface area contributed by atoms with E-state index in [4.69, 9.17) is 0 Å². The molecule has 1 fully saturated rings. The molecular weight excluding hydrogens is 419 g/mol. The lowest BCUT2D eigenvalue weighted by atomic mass is 10.1. The van der Waals surface area contributed by atoms with Crippen LogP contribution in [-0.4, -0.2) is 52.5 Å². The number of carbonyl (C=O) groups is 2. The van der Waals surface area contributed by atoms with E-state index < -0.39 is 5.82 Å². The Hall–Kier alpha value is -3.74. The number of para-hydroxylation sites is 1. The number of carbonyl (C=O) groups excluding carboxylic acids is 2. The van der Waals surface area contributed by atoms with E-state index in [1.165, 1.54) is 13.0 Å². The first-order valence-electron chi connectivity index (χ1n) is 11.0. The average Bonchev–Trinajstić information content (AvgIpc) is 3.11. The number of piperazine rings is 1. The molecule has 4 rings (SSSR count). The van der Waals surface area contributed by atoms with Gasteiger partial charge in [-0.25, -0.2) is 9.07 Å². The molecule has 170 valence electrons. The fourth-order valence-corrected chi connectivity index (χ4v) is 4.13. The van der Waals surface area contributed by atoms with E-state index in [1.54, 1.807) is 23.1 Å². The number of anilines is 1. The number of amides is 1. The van der Waals surface area contributed by atoms with Gasteiger partial charge in [0.2, 0.25) is 5.91 Å². The van der Waals surface area contributed by atoms with Crippen LogP contribution in [0.25, 0.3) is 11.8 Å². The molecule has 1 aliphatic rings. The van der Waals surface area contributed by atoms with Crippen molar-refractivity contribution in [2.75, 3.05) is 31.1 Å². The number of halogens is 1. The number of Topliss-reactive ketones (excluding diaryl/α,β-unsaturated/α-hetero) is 1. The molecule has 0 bridgehead atoms. The summed E-state index contributed by atoms with van der Waals surface area (Å²) < 4.78 is 16.3. The Morgan fingerprint density at radius 3 is 2.33 bits per heavy atom. The molecule has 0 spiro atoms. The van der Waals surface area contributed by atoms with Crippen LogP contribution in [0.1, 0.15) is 34.2 Å². The molecule has 0 unspecified atom stereocenters. The minimum atomic E-state index is -0.413. The molecule has 2 aromatic carbocycles. The van der Waals surface area contributed by atoms with Gasteiger partial charge >= 0.3 is 0 Å². The number of nitrogens with zero attached hydrogens (tertiary/aromatic N) is 4. The minimum Gasteiger partial charge on any atom is -0.366 e. The van der Waals surface area contributed by atoms with Gasteiger partial charge in [-0.05, 0) is 57.2 Å². The Morgan fingerprint density at radius 2 is 1.70 bits per heavy atom. The highest BCUT2D eigenvalue weighted by atomic mass is 19.1. The van der Waals surface area contributed by atoms with Gasteiger partial charge < -0.3 is 9.80 Å². The number of benzene rings is 2. The van der Waals surface area contributed by atoms with Crippen molar-refractivity contribution in [1.29, 1.82) is 0 Å². The average molecular weight is 447 g/mol. The molecule has 1 aromatic heterocycles. The third kappa shape index (κ3) is 4.72. The van der Waals surface area contributed by atoms with Gasteiger partial charge in [0, 0.05) is 49.1 Å². The van der Waals surface area contributed by atoms with Crippen LogP contribution in [-0.2, 0) is 4.79 Å². The Morgan fingerprint density at radius 1 is 1.00 bits per heavy atom. The fourth-order valence-electron chi connectivity index (χ4n) is 4.13. The monoisotopic (exact) mass is 446 g/mol. The Labute approximate surface area is 192 Å². The maximum atomic E-state index is 14.5. The number of rotatable bonds is 5. The summed E-state index contributed by atoms with van der Waals surface area (Å²) in [7, 11) is 0. The summed E-state index contributed by atoms with van der Waals surface area (Å²) in [6, 6.07) is 14.4. The van der Waals surface area contributed by atoms with Crippen molar-refractivity contribution in [2.24, 2.45) is 0 Å². The van der Waals surface area contributed by atoms with Crippen molar-refractivity contribution in [3.63, 3.8) is 0 Å². The quantitative estimate of drug-likeness (QED) is 0.436. The highest BCUT2D eigenvalue weighted by Crippen LogP contribution is 2.23. The SMILES string of the molecule is CC(=O)c1ccc(N2CCN(C(=O)/C=C/c3c(C)nn(-c4ccccc4)c3C)CC2)c(F)c1. The predicted octanol–water partition coefficient (Wildman–Crippen LogP) is 4.19. The van der Waals surface area contributed by atoms with Gasteiger partial charge in [-0.15, -0.1) is 0 Å². The summed E-state index contributed by atoms with van der Waals surface area (Å²) in [5.41, 5.74) is 4.55. The molecule has 0 saturated carbocycles. The third-order valence-electron chi connectivity index (χ3n) is 6.03. The summed E-state index contributed by atoms with van der Waals surface area (Å²) >= 11 is 0. The van der Waals surface area contributed by atoms with Gasteiger partial charge in [0.1, 0.15) is 5.82 Å². The van der Waals surface area contributed by atoms with Crippen molar-refractivity contribution < 1.29 is 14.0 Å². The van der Waals surface area contributed by atoms with Gasteiger partial charge in [0.15, 0.2) is 5.78 Å². The number of aryl methyl sites for hydroxylation is 1. The summed E-state index contributed by atoms with van der Waals surface area (Å²) in [5.74, 6) is -0.653. The minimum absolute atomic E-state index is 0.0756. The molecule has 1 aliphatic heterocycles. The molecule has 3 aromatic rings. The fraction of sp³-hybridized carbons (Fsp3) is 0.269. The molecule has 2 heterocycles. The second kappa shape index (κ2) is 9.40. The van der Waals surface area contributed by atoms with Gasteiger partial charge in [-0.2, -0.15) is 5.10 Å². The van der Waals surface area contributed by atoms with E-state index in [2.05, 4.69) is 5.10 Å². The van der Waals surface area contributed by atoms with Crippen LogP contribution in [0.3, 0.4) is 0 Å². The van der Waals surface area contributed by atoms with Crippen LogP contribution in [0.5, 0.6) is 0 Å². The van der Waals surface area contributed by atoms with E-state index in [1.807, 2.05) is 59.8 Å². The highest BCUT2D eigenvalue weighted by Gasteiger charge is 2.22. The maximum absolute atomic E-state index is 14.5. The normalized spacial score (nSPS) is 14.2. The lowest BCUT2D eigenvalue weighted by molar-refractivity contribution is -0.126. The van der Waals surface area contributed by atoms with E-state index in [0.29, 0.717) is 37.4 Å². The van der Waals surface area contributed by atoms with E-state index in [0.717, 1.165) is 22.6 Å². The molecule has 0 aliphatic carbocycles. The van der Waals surface area contributed by atoms with Gasteiger partial charge in [0.25, 0.3) is 0 Å². The molecule has 1 amide bonds. The number of hydrogen-bond donors (Lipinski definition) is 0. The van der Waals surface area contributed by atoms with Crippen molar-refractivity contribution in [1.82, 2.24) is 14.7 Å². The molecule has 33 heavy (non-hydrogen) atoms. The molecule has 1 saturated heterocycles. The smallest absolute Gasteiger partial charge is 0.246 e. The summed E-state index contributed by atoms with van der Waals surface area (Å²) in [6.45, 7) is 7.39. The number of ketones is 1. The van der Waals surface area contributed by atoms with E-state index >= 15 is 0 Å². The van der Waals surface area contributed by atoms with Crippen LogP contribution in [0, 0.1) is 19.7 Å². The van der Waals surface area contributed by atoms with Crippen LogP contribution in [0.15, 0.2) is 54.6 Å². The molecule has 6 nitrogen and oxygen atoms in total. The van der Waals surface area contributed by atoms with Gasteiger partial charge in [-0.3, -0.25) is 9.59 Å². The Bertz CT molecular complexity index is 1210. The van der Waals surface area contributed by atoms with Crippen LogP contribution < -0.4 is 4.90 Å². The Balaban J connectivity index is 1.41. The molecule has 7 heteroatoms. The van der Waals surface area contributed by atoms with Crippen molar-refractivity contribution in [3.05, 3.63) is 82.9 Å². The molecular formula is C26H27FN4O2. The van der Waals surface area contributed by atoms with Crippen LogP contribution in [0.2, 0.25) is 0 Å². The first kappa shape index (κ1) is 22.5. The maximum Gasteiger partial charge on any atom is 0.246 e. The topological polar surface area (TPSA) is 58.4 Å². The summed E-state index contributed by atoms with van der Waals surface area (Å²) in [6.07, 6.45) is 3.41. The second-order valence-electron chi connectivity index (χ2n) is 8.20. The zero-order chi connectivity index (χ0) is 23.5. The lowest BCUT2D eigenvalue weighted by Crippen LogP contribution is -2.48. The summed E-state index contributed by atoms with van der Waals surface area (Å²) in [4.78, 5) is 27.9. The first-order valence-corrected chi connectivity index (χ1v) is 11.0. The predicted molar refractivity (Wildman–Crippen MR) is 127 cm³/mol.